The van der Waals surface area contributed by atoms with Gasteiger partial charge in [-0.15, -0.1) is 0 Å². The Morgan fingerprint density at radius 1 is 0.348 bits per heavy atom. The molecule has 0 fully saturated rings. The van der Waals surface area contributed by atoms with Crippen LogP contribution in [-0.2, 0) is 23.8 Å². The van der Waals surface area contributed by atoms with Gasteiger partial charge in [0.1, 0.15) is 6.61 Å². The van der Waals surface area contributed by atoms with E-state index in [2.05, 4.69) is 81.5 Å². The minimum absolute atomic E-state index is 0.0698. The molecule has 0 radical (unpaired) electrons. The Bertz CT molecular complexity index is 1130. The molecule has 0 N–H and O–H groups in total. The molecular formula is C61H110O5. The number of hydrogen-bond donors (Lipinski definition) is 0. The van der Waals surface area contributed by atoms with E-state index in [1.165, 1.54) is 186 Å². The maximum atomic E-state index is 12.8. The van der Waals surface area contributed by atoms with Crippen LogP contribution < -0.4 is 0 Å². The Hall–Kier alpha value is -2.40. The van der Waals surface area contributed by atoms with Crippen LogP contribution in [0.15, 0.2) is 60.8 Å². The molecule has 0 aromatic carbocycles. The van der Waals surface area contributed by atoms with Crippen molar-refractivity contribution < 1.29 is 23.8 Å². The minimum atomic E-state index is -0.559. The average molecular weight is 924 g/mol. The van der Waals surface area contributed by atoms with Gasteiger partial charge < -0.3 is 14.2 Å². The molecule has 0 spiro atoms. The van der Waals surface area contributed by atoms with Crippen molar-refractivity contribution in [1.29, 1.82) is 0 Å². The summed E-state index contributed by atoms with van der Waals surface area (Å²) in [5, 5.41) is 0. The summed E-state index contributed by atoms with van der Waals surface area (Å²) in [6, 6.07) is 0. The summed E-state index contributed by atoms with van der Waals surface area (Å²) in [5.74, 6) is -0.433. The molecule has 0 saturated heterocycles. The molecule has 0 aromatic rings. The van der Waals surface area contributed by atoms with E-state index < -0.39 is 6.10 Å². The van der Waals surface area contributed by atoms with Crippen LogP contribution in [0.25, 0.3) is 0 Å². The van der Waals surface area contributed by atoms with E-state index in [1.807, 2.05) is 0 Å². The molecular weight excluding hydrogens is 813 g/mol. The molecule has 0 aromatic heterocycles. The third-order valence-electron chi connectivity index (χ3n) is 12.5. The van der Waals surface area contributed by atoms with Gasteiger partial charge in [0.2, 0.25) is 0 Å². The Labute approximate surface area is 411 Å². The van der Waals surface area contributed by atoms with Crippen molar-refractivity contribution in [2.75, 3.05) is 19.8 Å². The van der Waals surface area contributed by atoms with Crippen molar-refractivity contribution in [1.82, 2.24) is 0 Å². The van der Waals surface area contributed by atoms with Crippen molar-refractivity contribution in [2.45, 2.75) is 297 Å². The molecule has 0 aliphatic rings. The lowest BCUT2D eigenvalue weighted by Gasteiger charge is -2.18. The summed E-state index contributed by atoms with van der Waals surface area (Å²) in [7, 11) is 0. The van der Waals surface area contributed by atoms with E-state index in [4.69, 9.17) is 14.2 Å². The number of ether oxygens (including phenoxy) is 3. The first-order valence-corrected chi connectivity index (χ1v) is 28.8. The fourth-order valence-corrected chi connectivity index (χ4v) is 8.26. The third kappa shape index (κ3) is 54.2. The molecule has 0 bridgehead atoms. The standard InChI is InChI=1S/C61H110O5/c1-4-7-10-13-16-19-22-25-28-30-32-35-38-41-44-47-50-53-56-64-57-59(66-61(63)55-52-49-46-43-40-37-33-27-24-21-18-15-12-9-6-3)58-65-60(62)54-51-48-45-42-39-36-34-31-29-26-23-20-17-14-11-8-5-2/h9,12,18,21,25,27-28,33,40,43,59H,4-8,10-11,13-17,19-20,22-24,26,29-32,34-39,41-42,44-58H2,1-3H3/b12-9-,21-18-,28-25-,33-27-,43-40-. The smallest absolute Gasteiger partial charge is 0.306 e. The van der Waals surface area contributed by atoms with Crippen molar-refractivity contribution in [2.24, 2.45) is 0 Å². The zero-order chi connectivity index (χ0) is 47.7. The van der Waals surface area contributed by atoms with Crippen LogP contribution in [0.5, 0.6) is 0 Å². The normalized spacial score (nSPS) is 12.6. The van der Waals surface area contributed by atoms with E-state index in [9.17, 15) is 9.59 Å². The molecule has 1 atom stereocenters. The Morgan fingerprint density at radius 2 is 0.682 bits per heavy atom. The van der Waals surface area contributed by atoms with E-state index in [0.717, 1.165) is 70.6 Å². The second-order valence-electron chi connectivity index (χ2n) is 19.2. The number of carbonyl (C=O) groups is 2. The van der Waals surface area contributed by atoms with Gasteiger partial charge in [-0.3, -0.25) is 9.59 Å². The van der Waals surface area contributed by atoms with Crippen molar-refractivity contribution in [3.63, 3.8) is 0 Å². The first-order chi connectivity index (χ1) is 32.6. The van der Waals surface area contributed by atoms with Crippen molar-refractivity contribution >= 4 is 11.9 Å². The van der Waals surface area contributed by atoms with Crippen LogP contribution in [0, 0.1) is 0 Å². The quantitative estimate of drug-likeness (QED) is 0.0346. The van der Waals surface area contributed by atoms with Gasteiger partial charge in [-0.25, -0.2) is 0 Å². The van der Waals surface area contributed by atoms with Gasteiger partial charge in [-0.2, -0.15) is 0 Å². The van der Waals surface area contributed by atoms with Crippen LogP contribution in [0.1, 0.15) is 290 Å². The summed E-state index contributed by atoms with van der Waals surface area (Å²) < 4.78 is 17.4. The zero-order valence-electron chi connectivity index (χ0n) is 44.2. The van der Waals surface area contributed by atoms with Gasteiger partial charge in [0.05, 0.1) is 6.61 Å². The largest absolute Gasteiger partial charge is 0.462 e. The van der Waals surface area contributed by atoms with E-state index in [1.54, 1.807) is 0 Å². The number of rotatable bonds is 53. The predicted molar refractivity (Wildman–Crippen MR) is 288 cm³/mol. The highest BCUT2D eigenvalue weighted by Crippen LogP contribution is 2.16. The Morgan fingerprint density at radius 3 is 1.14 bits per heavy atom. The highest BCUT2D eigenvalue weighted by Gasteiger charge is 2.17. The molecule has 5 heteroatoms. The zero-order valence-corrected chi connectivity index (χ0v) is 44.2. The van der Waals surface area contributed by atoms with Crippen LogP contribution in [0.3, 0.4) is 0 Å². The van der Waals surface area contributed by atoms with Gasteiger partial charge in [0, 0.05) is 19.4 Å². The Balaban J connectivity index is 4.29. The monoisotopic (exact) mass is 923 g/mol. The summed E-state index contributed by atoms with van der Waals surface area (Å²) in [6.45, 7) is 7.70. The second-order valence-corrected chi connectivity index (χ2v) is 19.2. The van der Waals surface area contributed by atoms with E-state index >= 15 is 0 Å². The topological polar surface area (TPSA) is 61.8 Å². The fraction of sp³-hybridized carbons (Fsp3) is 0.803. The lowest BCUT2D eigenvalue weighted by Crippen LogP contribution is -2.30. The van der Waals surface area contributed by atoms with E-state index in [0.29, 0.717) is 19.4 Å². The fourth-order valence-electron chi connectivity index (χ4n) is 8.26. The molecule has 1 unspecified atom stereocenters. The molecule has 66 heavy (non-hydrogen) atoms. The molecule has 0 heterocycles. The molecule has 0 rings (SSSR count). The SMILES string of the molecule is CC/C=C\C/C=C\C/C=C\C/C=C\CCCCC(=O)OC(COCCCCCCCCCC/C=C\CCCCCCCC)COC(=O)CCCCCCCCCCCCCCCCCCC. The van der Waals surface area contributed by atoms with Crippen LogP contribution >= 0.6 is 0 Å². The maximum Gasteiger partial charge on any atom is 0.306 e. The minimum Gasteiger partial charge on any atom is -0.462 e. The Kier molecular flexibility index (Phi) is 54.9. The first kappa shape index (κ1) is 63.6. The van der Waals surface area contributed by atoms with Gasteiger partial charge in [-0.1, -0.05) is 255 Å². The second kappa shape index (κ2) is 56.9. The molecule has 5 nitrogen and oxygen atoms in total. The highest BCUT2D eigenvalue weighted by molar-refractivity contribution is 5.70. The highest BCUT2D eigenvalue weighted by atomic mass is 16.6. The summed E-state index contributed by atoms with van der Waals surface area (Å²) in [6.07, 6.45) is 72.5. The first-order valence-electron chi connectivity index (χ1n) is 28.8. The summed E-state index contributed by atoms with van der Waals surface area (Å²) in [5.41, 5.74) is 0. The van der Waals surface area contributed by atoms with Gasteiger partial charge in [0.25, 0.3) is 0 Å². The van der Waals surface area contributed by atoms with E-state index in [-0.39, 0.29) is 25.2 Å². The number of allylic oxidation sites excluding steroid dienone is 10. The molecule has 0 saturated carbocycles. The van der Waals surface area contributed by atoms with Gasteiger partial charge >= 0.3 is 11.9 Å². The summed E-state index contributed by atoms with van der Waals surface area (Å²) in [4.78, 5) is 25.5. The number of esters is 2. The van der Waals surface area contributed by atoms with Crippen molar-refractivity contribution in [3.05, 3.63) is 60.8 Å². The average Bonchev–Trinajstić information content (AvgIpc) is 3.32. The molecule has 0 aliphatic carbocycles. The van der Waals surface area contributed by atoms with Crippen LogP contribution in [-0.4, -0.2) is 37.9 Å². The molecule has 384 valence electrons. The lowest BCUT2D eigenvalue weighted by atomic mass is 10.0. The van der Waals surface area contributed by atoms with Crippen LogP contribution in [0.4, 0.5) is 0 Å². The third-order valence-corrected chi connectivity index (χ3v) is 12.5. The van der Waals surface area contributed by atoms with Crippen molar-refractivity contribution in [3.8, 4) is 0 Å². The lowest BCUT2D eigenvalue weighted by molar-refractivity contribution is -0.163. The number of unbranched alkanes of at least 4 members (excludes halogenated alkanes) is 32. The maximum absolute atomic E-state index is 12.8. The molecule has 0 amide bonds. The van der Waals surface area contributed by atoms with Crippen LogP contribution in [0.2, 0.25) is 0 Å². The van der Waals surface area contributed by atoms with Gasteiger partial charge in [-0.05, 0) is 83.5 Å². The van der Waals surface area contributed by atoms with Gasteiger partial charge in [0.15, 0.2) is 6.10 Å². The predicted octanol–water partition coefficient (Wildman–Crippen LogP) is 19.7. The number of carbonyl (C=O) groups excluding carboxylic acids is 2. The summed E-state index contributed by atoms with van der Waals surface area (Å²) >= 11 is 0. The number of hydrogen-bond acceptors (Lipinski definition) is 5. The molecule has 0 aliphatic heterocycles.